The molecule has 0 spiro atoms. The van der Waals surface area contributed by atoms with Gasteiger partial charge < -0.3 is 69.6 Å². The van der Waals surface area contributed by atoms with Gasteiger partial charge in [-0.3, -0.25) is 0 Å². The summed E-state index contributed by atoms with van der Waals surface area (Å²) in [6.45, 7) is 0. The molecule has 30 heavy (non-hydrogen) atoms. The van der Waals surface area contributed by atoms with E-state index in [4.69, 9.17) is 10.2 Å². The van der Waals surface area contributed by atoms with Gasteiger partial charge in [-0.15, -0.1) is 0 Å². The smallest absolute Gasteiger partial charge is 0.550 e. The number of hydrogen-bond donors (Lipinski definition) is 2. The Balaban J connectivity index is -0.0000000847. The van der Waals surface area contributed by atoms with Gasteiger partial charge in [0.1, 0.15) is 11.2 Å². The topological polar surface area (TPSA) is 281 Å². The van der Waals surface area contributed by atoms with Crippen LogP contribution in [0.5, 0.6) is 0 Å². The predicted molar refractivity (Wildman–Crippen MR) is 58.4 cm³/mol. The third kappa shape index (κ3) is 22.0. The zero-order valence-corrected chi connectivity index (χ0v) is 26.4. The van der Waals surface area contributed by atoms with Crippen molar-refractivity contribution in [3.05, 3.63) is 0 Å². The third-order valence-electron chi connectivity index (χ3n) is 2.51. The third-order valence-corrected chi connectivity index (χ3v) is 2.51. The number of aliphatic hydroxyl groups is 2. The second-order valence-corrected chi connectivity index (χ2v) is 4.83. The fraction of sp³-hybridized carbons (Fsp3) is 0.500. The summed E-state index contributed by atoms with van der Waals surface area (Å²) in [4.78, 5) is 60.0. The van der Waals surface area contributed by atoms with Crippen LogP contribution in [0.15, 0.2) is 0 Å². The second-order valence-electron chi connectivity index (χ2n) is 4.83. The standard InChI is InChI=1S/2C6H8O7.Fe.3K/c2*7-3(8)1-6(13,5(11)12)2-4(9)10;;;;/h2*13H,1-2H2,(H,7,8)(H,9,10)(H,11,12);;;;/q;;+3;3*+1/p-6. The maximum Gasteiger partial charge on any atom is 3.00 e. The van der Waals surface area contributed by atoms with Crippen LogP contribution in [0.2, 0.25) is 0 Å². The van der Waals surface area contributed by atoms with Crippen molar-refractivity contribution in [3.63, 3.8) is 0 Å². The van der Waals surface area contributed by atoms with Gasteiger partial charge in [-0.2, -0.15) is 0 Å². The van der Waals surface area contributed by atoms with Crippen molar-refractivity contribution < 1.29 is 241 Å². The number of rotatable bonds is 10. The molecule has 18 heteroatoms. The van der Waals surface area contributed by atoms with Crippen molar-refractivity contribution in [3.8, 4) is 0 Å². The van der Waals surface area contributed by atoms with Crippen molar-refractivity contribution >= 4 is 35.8 Å². The van der Waals surface area contributed by atoms with Crippen molar-refractivity contribution in [2.75, 3.05) is 0 Å². The van der Waals surface area contributed by atoms with E-state index in [2.05, 4.69) is 0 Å². The molecule has 14 nitrogen and oxygen atoms in total. The first kappa shape index (κ1) is 45.6. The SMILES string of the molecule is O=C([O-])CC(O)(CC(=O)[O-])C(=O)[O-].O=C([O-])CC(O)(CC(=O)[O-])C(=O)[O-].[Fe+3].[K+].[K+].[K+]. The molecule has 0 aliphatic rings. The van der Waals surface area contributed by atoms with Crippen LogP contribution in [-0.2, 0) is 45.8 Å². The molecule has 0 aliphatic heterocycles. The molecule has 0 bridgehead atoms. The van der Waals surface area contributed by atoms with E-state index in [0.29, 0.717) is 0 Å². The molecule has 0 amide bonds. The van der Waals surface area contributed by atoms with Gasteiger partial charge in [0.15, 0.2) is 0 Å². The van der Waals surface area contributed by atoms with Crippen LogP contribution in [-0.4, -0.2) is 57.2 Å². The molecular formula is C12H10FeK3O14. The molecule has 0 saturated heterocycles. The molecule has 0 unspecified atom stereocenters. The number of aliphatic carboxylic acids is 6. The Morgan fingerprint density at radius 2 is 0.633 bits per heavy atom. The van der Waals surface area contributed by atoms with E-state index in [-0.39, 0.29) is 171 Å². The van der Waals surface area contributed by atoms with E-state index >= 15 is 0 Å². The van der Waals surface area contributed by atoms with E-state index in [0.717, 1.165) is 0 Å². The van der Waals surface area contributed by atoms with Gasteiger partial charge in [-0.05, 0) is 0 Å². The average molecular weight is 551 g/mol. The van der Waals surface area contributed by atoms with Gasteiger partial charge in [0.2, 0.25) is 0 Å². The number of carbonyl (C=O) groups excluding carboxylic acids is 6. The van der Waals surface area contributed by atoms with E-state index in [1.165, 1.54) is 0 Å². The van der Waals surface area contributed by atoms with E-state index in [9.17, 15) is 59.4 Å². The molecule has 2 N–H and O–H groups in total. The average Bonchev–Trinajstić information content (AvgIpc) is 2.34. The summed E-state index contributed by atoms with van der Waals surface area (Å²) in [5.41, 5.74) is -5.95. The van der Waals surface area contributed by atoms with Crippen molar-refractivity contribution in [1.82, 2.24) is 0 Å². The minimum Gasteiger partial charge on any atom is -0.550 e. The Kier molecular flexibility index (Phi) is 33.0. The monoisotopic (exact) mass is 551 g/mol. The van der Waals surface area contributed by atoms with Crippen LogP contribution in [0, 0.1) is 0 Å². The molecular weight excluding hydrogens is 541 g/mol. The van der Waals surface area contributed by atoms with Crippen LogP contribution in [0.4, 0.5) is 0 Å². The Morgan fingerprint density at radius 1 is 0.500 bits per heavy atom. The van der Waals surface area contributed by atoms with Crippen molar-refractivity contribution in [2.24, 2.45) is 0 Å². The number of carboxylic acids is 6. The molecule has 0 rings (SSSR count). The number of carboxylic acid groups (broad SMARTS) is 6. The first-order valence-electron chi connectivity index (χ1n) is 6.23. The Labute approximate surface area is 306 Å². The minimum absolute atomic E-state index is 0. The van der Waals surface area contributed by atoms with Gasteiger partial charge >= 0.3 is 171 Å². The summed E-state index contributed by atoms with van der Waals surface area (Å²) in [6.07, 6.45) is -5.43. The van der Waals surface area contributed by atoms with E-state index < -0.39 is 72.7 Å². The number of carbonyl (C=O) groups is 6. The summed E-state index contributed by atoms with van der Waals surface area (Å²) in [7, 11) is 0. The minimum atomic E-state index is -2.97. The van der Waals surface area contributed by atoms with Gasteiger partial charge in [-0.25, -0.2) is 0 Å². The van der Waals surface area contributed by atoms with Gasteiger partial charge in [0.25, 0.3) is 0 Å². The van der Waals surface area contributed by atoms with Crippen LogP contribution in [0.25, 0.3) is 0 Å². The van der Waals surface area contributed by atoms with Gasteiger partial charge in [-0.1, -0.05) is 0 Å². The van der Waals surface area contributed by atoms with Crippen molar-refractivity contribution in [2.45, 2.75) is 36.9 Å². The molecule has 0 atom stereocenters. The Hall–Kier alpha value is 2.17. The molecule has 0 fully saturated rings. The summed E-state index contributed by atoms with van der Waals surface area (Å²) >= 11 is 0. The van der Waals surface area contributed by atoms with Crippen LogP contribution in [0.3, 0.4) is 0 Å². The molecule has 0 saturated carbocycles. The maximum absolute atomic E-state index is 10.1. The normalized spacial score (nSPS) is 9.40. The van der Waals surface area contributed by atoms with E-state index in [1.807, 2.05) is 0 Å². The summed E-state index contributed by atoms with van der Waals surface area (Å²) in [5, 5.41) is 77.9. The molecule has 0 aromatic heterocycles. The summed E-state index contributed by atoms with van der Waals surface area (Å²) < 4.78 is 0. The van der Waals surface area contributed by atoms with Crippen LogP contribution in [0.1, 0.15) is 25.7 Å². The fourth-order valence-electron chi connectivity index (χ4n) is 1.37. The molecule has 0 aromatic rings. The maximum atomic E-state index is 10.1. The van der Waals surface area contributed by atoms with Crippen LogP contribution >= 0.6 is 0 Å². The zero-order chi connectivity index (χ0) is 21.3. The quantitative estimate of drug-likeness (QED) is 0.238. The fourth-order valence-corrected chi connectivity index (χ4v) is 1.37. The summed E-state index contributed by atoms with van der Waals surface area (Å²) in [5.74, 6) is -12.0. The summed E-state index contributed by atoms with van der Waals surface area (Å²) in [6, 6.07) is 0. The van der Waals surface area contributed by atoms with Crippen LogP contribution < -0.4 is 185 Å². The molecule has 0 aliphatic carbocycles. The number of hydrogen-bond acceptors (Lipinski definition) is 14. The van der Waals surface area contributed by atoms with E-state index in [1.54, 1.807) is 0 Å². The molecule has 0 aromatic carbocycles. The molecule has 1 radical (unpaired) electrons. The largest absolute Gasteiger partial charge is 3.00 e. The van der Waals surface area contributed by atoms with Crippen molar-refractivity contribution in [1.29, 1.82) is 0 Å². The van der Waals surface area contributed by atoms with Gasteiger partial charge in [0.05, 0.1) is 11.9 Å². The Bertz CT molecular complexity index is 527. The molecule has 153 valence electrons. The van der Waals surface area contributed by atoms with Gasteiger partial charge in [0, 0.05) is 49.6 Å². The second kappa shape index (κ2) is 21.7. The Morgan fingerprint density at radius 3 is 0.700 bits per heavy atom. The molecule has 0 heterocycles. The first-order valence-corrected chi connectivity index (χ1v) is 6.23. The zero-order valence-electron chi connectivity index (χ0n) is 16.0. The predicted octanol–water partition coefficient (Wildman–Crippen LogP) is -19.5. The first-order chi connectivity index (χ1) is 11.6.